The highest BCUT2D eigenvalue weighted by atomic mass is 16.2. The molecule has 1 fully saturated rings. The van der Waals surface area contributed by atoms with E-state index in [1.165, 1.54) is 17.5 Å². The van der Waals surface area contributed by atoms with Crippen LogP contribution in [0.25, 0.3) is 0 Å². The van der Waals surface area contributed by atoms with Gasteiger partial charge in [-0.15, -0.1) is 0 Å². The van der Waals surface area contributed by atoms with Crippen LogP contribution >= 0.6 is 0 Å². The third-order valence-corrected chi connectivity index (χ3v) is 5.03. The van der Waals surface area contributed by atoms with Gasteiger partial charge in [-0.1, -0.05) is 12.1 Å². The fraction of sp³-hybridized carbons (Fsp3) is 0.350. The van der Waals surface area contributed by atoms with E-state index in [1.807, 2.05) is 23.1 Å². The Bertz CT molecular complexity index is 832. The Kier molecular flexibility index (Phi) is 4.56. The number of aromatic nitrogens is 1. The SMILES string of the molecule is O=C1CN(c2ccc(NC(=O)c3cccc4c3CCCC4)nc2)CCN1. The first-order valence-electron chi connectivity index (χ1n) is 9.10. The molecule has 134 valence electrons. The van der Waals surface area contributed by atoms with Gasteiger partial charge in [0.2, 0.25) is 5.91 Å². The van der Waals surface area contributed by atoms with Gasteiger partial charge in [-0.05, 0) is 55.0 Å². The zero-order chi connectivity index (χ0) is 17.9. The number of hydrogen-bond acceptors (Lipinski definition) is 4. The average Bonchev–Trinajstić information content (AvgIpc) is 2.68. The number of carbonyl (C=O) groups excluding carboxylic acids is 2. The molecule has 1 aliphatic carbocycles. The van der Waals surface area contributed by atoms with Crippen LogP contribution in [0.2, 0.25) is 0 Å². The van der Waals surface area contributed by atoms with Crippen molar-refractivity contribution in [2.75, 3.05) is 29.9 Å². The standard InChI is InChI=1S/C20H22N4O2/c25-19-13-24(11-10-21-19)15-8-9-18(22-12-15)23-20(26)17-7-3-5-14-4-1-2-6-16(14)17/h3,5,7-9,12H,1-2,4,6,10-11,13H2,(H,21,25)(H,22,23,26). The van der Waals surface area contributed by atoms with E-state index < -0.39 is 0 Å². The van der Waals surface area contributed by atoms with E-state index in [2.05, 4.69) is 21.7 Å². The van der Waals surface area contributed by atoms with Crippen molar-refractivity contribution < 1.29 is 9.59 Å². The van der Waals surface area contributed by atoms with Crippen molar-refractivity contribution in [1.29, 1.82) is 0 Å². The second-order valence-electron chi connectivity index (χ2n) is 6.78. The second kappa shape index (κ2) is 7.15. The van der Waals surface area contributed by atoms with Crippen LogP contribution in [0.5, 0.6) is 0 Å². The quantitative estimate of drug-likeness (QED) is 0.889. The van der Waals surface area contributed by atoms with Gasteiger partial charge >= 0.3 is 0 Å². The van der Waals surface area contributed by atoms with E-state index in [1.54, 1.807) is 12.3 Å². The zero-order valence-electron chi connectivity index (χ0n) is 14.6. The molecule has 2 N–H and O–H groups in total. The molecule has 6 nitrogen and oxygen atoms in total. The maximum Gasteiger partial charge on any atom is 0.257 e. The lowest BCUT2D eigenvalue weighted by Gasteiger charge is -2.28. The number of nitrogens with zero attached hydrogens (tertiary/aromatic N) is 2. The van der Waals surface area contributed by atoms with Crippen molar-refractivity contribution in [2.24, 2.45) is 0 Å². The summed E-state index contributed by atoms with van der Waals surface area (Å²) in [5, 5.41) is 5.70. The van der Waals surface area contributed by atoms with Crippen LogP contribution in [0, 0.1) is 0 Å². The highest BCUT2D eigenvalue weighted by Gasteiger charge is 2.19. The minimum absolute atomic E-state index is 0.0162. The molecule has 2 heterocycles. The van der Waals surface area contributed by atoms with Crippen molar-refractivity contribution in [3.8, 4) is 0 Å². The molecule has 26 heavy (non-hydrogen) atoms. The predicted octanol–water partition coefficient (Wildman–Crippen LogP) is 2.15. The number of benzene rings is 1. The van der Waals surface area contributed by atoms with Crippen molar-refractivity contribution in [1.82, 2.24) is 10.3 Å². The second-order valence-corrected chi connectivity index (χ2v) is 6.78. The molecule has 0 atom stereocenters. The molecule has 0 spiro atoms. The minimum atomic E-state index is -0.110. The normalized spacial score (nSPS) is 16.6. The number of aryl methyl sites for hydroxylation is 1. The summed E-state index contributed by atoms with van der Waals surface area (Å²) in [5.41, 5.74) is 4.10. The molecule has 4 rings (SSSR count). The average molecular weight is 350 g/mol. The molecule has 1 aromatic heterocycles. The van der Waals surface area contributed by atoms with Crippen molar-refractivity contribution in [3.05, 3.63) is 53.2 Å². The highest BCUT2D eigenvalue weighted by molar-refractivity contribution is 6.05. The summed E-state index contributed by atoms with van der Waals surface area (Å²) in [5.74, 6) is 0.428. The van der Waals surface area contributed by atoms with E-state index in [-0.39, 0.29) is 11.8 Å². The van der Waals surface area contributed by atoms with Crippen LogP contribution < -0.4 is 15.5 Å². The third kappa shape index (κ3) is 3.40. The van der Waals surface area contributed by atoms with Gasteiger partial charge in [-0.2, -0.15) is 0 Å². The van der Waals surface area contributed by atoms with Crippen LogP contribution in [0.15, 0.2) is 36.5 Å². The summed E-state index contributed by atoms with van der Waals surface area (Å²) >= 11 is 0. The van der Waals surface area contributed by atoms with Crippen LogP contribution in [0.1, 0.15) is 34.3 Å². The first kappa shape index (κ1) is 16.6. The molecule has 0 saturated carbocycles. The van der Waals surface area contributed by atoms with Crippen molar-refractivity contribution in [2.45, 2.75) is 25.7 Å². The maximum absolute atomic E-state index is 12.7. The Morgan fingerprint density at radius 1 is 1.15 bits per heavy atom. The lowest BCUT2D eigenvalue weighted by atomic mass is 9.88. The number of pyridine rings is 1. The zero-order valence-corrected chi connectivity index (χ0v) is 14.6. The molecule has 1 saturated heterocycles. The third-order valence-electron chi connectivity index (χ3n) is 5.03. The van der Waals surface area contributed by atoms with Crippen LogP contribution in [0.4, 0.5) is 11.5 Å². The molecule has 0 unspecified atom stereocenters. The largest absolute Gasteiger partial charge is 0.359 e. The highest BCUT2D eigenvalue weighted by Crippen LogP contribution is 2.25. The number of piperazine rings is 1. The van der Waals surface area contributed by atoms with Gasteiger partial charge in [0.15, 0.2) is 0 Å². The molecule has 2 aliphatic rings. The number of nitrogens with one attached hydrogen (secondary N) is 2. The summed E-state index contributed by atoms with van der Waals surface area (Å²) in [6, 6.07) is 9.64. The Hall–Kier alpha value is -2.89. The van der Waals surface area contributed by atoms with Crippen LogP contribution in [-0.2, 0) is 17.6 Å². The summed E-state index contributed by atoms with van der Waals surface area (Å²) in [4.78, 5) is 30.5. The van der Waals surface area contributed by atoms with Gasteiger partial charge in [-0.3, -0.25) is 9.59 Å². The molecule has 0 radical (unpaired) electrons. The van der Waals surface area contributed by atoms with Crippen LogP contribution in [0.3, 0.4) is 0 Å². The maximum atomic E-state index is 12.7. The van der Waals surface area contributed by atoms with E-state index in [0.29, 0.717) is 18.9 Å². The molecule has 1 aromatic carbocycles. The summed E-state index contributed by atoms with van der Waals surface area (Å²) < 4.78 is 0. The summed E-state index contributed by atoms with van der Waals surface area (Å²) in [7, 11) is 0. The Morgan fingerprint density at radius 3 is 2.85 bits per heavy atom. The smallest absolute Gasteiger partial charge is 0.257 e. The van der Waals surface area contributed by atoms with E-state index in [4.69, 9.17) is 0 Å². The summed E-state index contributed by atoms with van der Waals surface area (Å²) in [6.07, 6.45) is 6.03. The Balaban J connectivity index is 1.47. The topological polar surface area (TPSA) is 74.3 Å². The fourth-order valence-electron chi connectivity index (χ4n) is 3.68. The molecular formula is C20H22N4O2. The number of hydrogen-bond donors (Lipinski definition) is 2. The first-order valence-corrected chi connectivity index (χ1v) is 9.10. The fourth-order valence-corrected chi connectivity index (χ4v) is 3.68. The van der Waals surface area contributed by atoms with Gasteiger partial charge in [0.25, 0.3) is 5.91 Å². The number of fused-ring (bicyclic) bond motifs is 1. The van der Waals surface area contributed by atoms with Gasteiger partial charge in [0.1, 0.15) is 5.82 Å². The predicted molar refractivity (Wildman–Crippen MR) is 100 cm³/mol. The van der Waals surface area contributed by atoms with Gasteiger partial charge in [-0.25, -0.2) is 4.98 Å². The first-order chi connectivity index (χ1) is 12.7. The minimum Gasteiger partial charge on any atom is -0.359 e. The van der Waals surface area contributed by atoms with E-state index >= 15 is 0 Å². The molecule has 2 amide bonds. The number of rotatable bonds is 3. The van der Waals surface area contributed by atoms with Crippen molar-refractivity contribution in [3.63, 3.8) is 0 Å². The van der Waals surface area contributed by atoms with Crippen molar-refractivity contribution >= 4 is 23.3 Å². The molecule has 0 bridgehead atoms. The Morgan fingerprint density at radius 2 is 2.04 bits per heavy atom. The summed E-state index contributed by atoms with van der Waals surface area (Å²) in [6.45, 7) is 1.73. The van der Waals surface area contributed by atoms with E-state index in [9.17, 15) is 9.59 Å². The molecule has 1 aliphatic heterocycles. The monoisotopic (exact) mass is 350 g/mol. The lowest BCUT2D eigenvalue weighted by Crippen LogP contribution is -2.47. The molecule has 2 aromatic rings. The lowest BCUT2D eigenvalue weighted by molar-refractivity contribution is -0.120. The van der Waals surface area contributed by atoms with Gasteiger partial charge in [0.05, 0.1) is 18.4 Å². The van der Waals surface area contributed by atoms with Gasteiger partial charge in [0, 0.05) is 18.7 Å². The van der Waals surface area contributed by atoms with Crippen LogP contribution in [-0.4, -0.2) is 36.4 Å². The molecular weight excluding hydrogens is 328 g/mol. The van der Waals surface area contributed by atoms with Gasteiger partial charge < -0.3 is 15.5 Å². The van der Waals surface area contributed by atoms with E-state index in [0.717, 1.165) is 37.1 Å². The number of amides is 2. The Labute approximate surface area is 152 Å². The number of carbonyl (C=O) groups is 2. The number of anilines is 2. The molecule has 6 heteroatoms.